The van der Waals surface area contributed by atoms with E-state index in [1.807, 2.05) is 32.8 Å². The van der Waals surface area contributed by atoms with Gasteiger partial charge in [0.15, 0.2) is 0 Å². The molecule has 1 aromatic rings. The summed E-state index contributed by atoms with van der Waals surface area (Å²) in [5, 5.41) is 0. The fourth-order valence-electron chi connectivity index (χ4n) is 1.97. The van der Waals surface area contributed by atoms with Gasteiger partial charge in [0, 0.05) is 19.3 Å². The van der Waals surface area contributed by atoms with Crippen LogP contribution < -0.4 is 10.5 Å². The molecule has 0 bridgehead atoms. The number of aromatic nitrogens is 1. The molecule has 3 N–H and O–H groups in total. The van der Waals surface area contributed by atoms with Crippen LogP contribution in [-0.4, -0.2) is 50.5 Å². The third-order valence-electron chi connectivity index (χ3n) is 2.78. The number of nitrogens with zero attached hydrogens (tertiary/aromatic N) is 2. The van der Waals surface area contributed by atoms with Crippen LogP contribution >= 0.6 is 12.2 Å². The van der Waals surface area contributed by atoms with E-state index in [1.165, 1.54) is 18.3 Å². The van der Waals surface area contributed by atoms with Crippen molar-refractivity contribution in [3.63, 3.8) is 0 Å². The van der Waals surface area contributed by atoms with Crippen molar-refractivity contribution in [2.45, 2.75) is 18.7 Å². The number of hydrogen-bond donors (Lipinski definition) is 2. The Labute approximate surface area is 131 Å². The molecule has 6 nitrogen and oxygen atoms in total. The van der Waals surface area contributed by atoms with E-state index in [0.29, 0.717) is 12.2 Å². The Kier molecular flexibility index (Phi) is 5.80. The zero-order chi connectivity index (χ0) is 16.3. The molecular formula is C13H22N4O2S2. The second kappa shape index (κ2) is 6.78. The van der Waals surface area contributed by atoms with Crippen LogP contribution in [0.15, 0.2) is 23.2 Å². The van der Waals surface area contributed by atoms with Crippen molar-refractivity contribution in [1.82, 2.24) is 14.6 Å². The summed E-state index contributed by atoms with van der Waals surface area (Å²) >= 11 is 4.78. The number of nitrogens with two attached hydrogens (primary N) is 1. The van der Waals surface area contributed by atoms with Gasteiger partial charge in [-0.05, 0) is 31.6 Å². The molecule has 0 radical (unpaired) electrons. The van der Waals surface area contributed by atoms with E-state index in [9.17, 15) is 8.42 Å². The Morgan fingerprint density at radius 2 is 2.05 bits per heavy atom. The number of nitrogens with one attached hydrogen (secondary N) is 1. The van der Waals surface area contributed by atoms with Gasteiger partial charge in [-0.1, -0.05) is 26.1 Å². The molecular weight excluding hydrogens is 308 g/mol. The van der Waals surface area contributed by atoms with Gasteiger partial charge in [0.1, 0.15) is 9.88 Å². The third-order valence-corrected chi connectivity index (χ3v) is 4.38. The highest BCUT2D eigenvalue weighted by Crippen LogP contribution is 2.16. The van der Waals surface area contributed by atoms with Gasteiger partial charge in [-0.2, -0.15) is 0 Å². The molecule has 1 heterocycles. The Morgan fingerprint density at radius 3 is 2.48 bits per heavy atom. The number of rotatable bonds is 7. The largest absolute Gasteiger partial charge is 0.388 e. The average Bonchev–Trinajstić information content (AvgIpc) is 2.35. The first-order valence-electron chi connectivity index (χ1n) is 6.44. The molecule has 0 unspecified atom stereocenters. The maximum absolute atomic E-state index is 12.2. The van der Waals surface area contributed by atoms with Crippen LogP contribution in [0.5, 0.6) is 0 Å². The van der Waals surface area contributed by atoms with E-state index >= 15 is 0 Å². The minimum Gasteiger partial charge on any atom is -0.388 e. The van der Waals surface area contributed by atoms with Gasteiger partial charge in [0.25, 0.3) is 0 Å². The quantitative estimate of drug-likeness (QED) is 0.711. The van der Waals surface area contributed by atoms with Gasteiger partial charge in [-0.25, -0.2) is 13.1 Å². The van der Waals surface area contributed by atoms with Crippen LogP contribution in [0, 0.1) is 5.41 Å². The lowest BCUT2D eigenvalue weighted by Crippen LogP contribution is -2.40. The van der Waals surface area contributed by atoms with Crippen molar-refractivity contribution in [3.05, 3.63) is 24.0 Å². The van der Waals surface area contributed by atoms with Crippen LogP contribution in [0.25, 0.3) is 0 Å². The molecule has 0 atom stereocenters. The average molecular weight is 330 g/mol. The summed E-state index contributed by atoms with van der Waals surface area (Å²) in [6.07, 6.45) is 1.26. The predicted octanol–water partition coefficient (Wildman–Crippen LogP) is 0.582. The maximum Gasteiger partial charge on any atom is 0.242 e. The van der Waals surface area contributed by atoms with Crippen LogP contribution in [0.1, 0.15) is 19.5 Å². The highest BCUT2D eigenvalue weighted by Gasteiger charge is 2.23. The first-order valence-corrected chi connectivity index (χ1v) is 8.33. The summed E-state index contributed by atoms with van der Waals surface area (Å²) in [5.41, 5.74) is 5.66. The summed E-state index contributed by atoms with van der Waals surface area (Å²) < 4.78 is 27.0. The molecule has 1 aromatic heterocycles. The number of thiocarbonyl (C=S) groups is 1. The van der Waals surface area contributed by atoms with Crippen LogP contribution in [-0.2, 0) is 10.0 Å². The fourth-order valence-corrected chi connectivity index (χ4v) is 3.28. The summed E-state index contributed by atoms with van der Waals surface area (Å²) in [6.45, 7) is 5.12. The molecule has 1 rings (SSSR count). The van der Waals surface area contributed by atoms with Gasteiger partial charge >= 0.3 is 0 Å². The first-order chi connectivity index (χ1) is 9.53. The summed E-state index contributed by atoms with van der Waals surface area (Å²) in [5.74, 6) is 0. The minimum atomic E-state index is -3.59. The first kappa shape index (κ1) is 18.0. The van der Waals surface area contributed by atoms with E-state index in [4.69, 9.17) is 18.0 Å². The van der Waals surface area contributed by atoms with Gasteiger partial charge in [0.05, 0.1) is 5.69 Å². The predicted molar refractivity (Wildman–Crippen MR) is 87.6 cm³/mol. The molecule has 8 heteroatoms. The van der Waals surface area contributed by atoms with Crippen LogP contribution in [0.4, 0.5) is 0 Å². The number of pyridine rings is 1. The minimum absolute atomic E-state index is 0.100. The molecule has 0 spiro atoms. The molecule has 0 aliphatic heterocycles. The topological polar surface area (TPSA) is 88.3 Å². The Morgan fingerprint density at radius 1 is 1.43 bits per heavy atom. The maximum atomic E-state index is 12.2. The normalized spacial score (nSPS) is 12.6. The summed E-state index contributed by atoms with van der Waals surface area (Å²) in [6, 6.07) is 2.95. The molecule has 0 aliphatic rings. The van der Waals surface area contributed by atoms with Crippen molar-refractivity contribution in [3.8, 4) is 0 Å². The highest BCUT2D eigenvalue weighted by molar-refractivity contribution is 7.89. The molecule has 0 saturated heterocycles. The zero-order valence-electron chi connectivity index (χ0n) is 12.8. The van der Waals surface area contributed by atoms with E-state index in [-0.39, 0.29) is 15.3 Å². The molecule has 0 fully saturated rings. The van der Waals surface area contributed by atoms with Gasteiger partial charge < -0.3 is 10.6 Å². The molecule has 0 amide bonds. The lowest BCUT2D eigenvalue weighted by atomic mass is 9.93. The zero-order valence-corrected chi connectivity index (χ0v) is 14.4. The molecule has 0 aliphatic carbocycles. The number of sulfonamides is 1. The van der Waals surface area contributed by atoms with Crippen LogP contribution in [0.2, 0.25) is 0 Å². The van der Waals surface area contributed by atoms with E-state index < -0.39 is 10.0 Å². The van der Waals surface area contributed by atoms with Crippen molar-refractivity contribution in [1.29, 1.82) is 0 Å². The molecule has 0 aromatic carbocycles. The van der Waals surface area contributed by atoms with Gasteiger partial charge in [-0.3, -0.25) is 4.98 Å². The Bertz CT molecular complexity index is 595. The smallest absolute Gasteiger partial charge is 0.242 e. The summed E-state index contributed by atoms with van der Waals surface area (Å²) in [4.78, 5) is 6.20. The molecule has 21 heavy (non-hydrogen) atoms. The second-order valence-corrected chi connectivity index (χ2v) is 8.18. The van der Waals surface area contributed by atoms with Crippen LogP contribution in [0.3, 0.4) is 0 Å². The lowest BCUT2D eigenvalue weighted by molar-refractivity contribution is 0.242. The molecule has 118 valence electrons. The van der Waals surface area contributed by atoms with Crippen molar-refractivity contribution >= 4 is 27.2 Å². The Hall–Kier alpha value is -1.09. The van der Waals surface area contributed by atoms with Gasteiger partial charge in [-0.15, -0.1) is 0 Å². The second-order valence-electron chi connectivity index (χ2n) is 5.97. The highest BCUT2D eigenvalue weighted by atomic mass is 32.2. The standard InChI is InChI=1S/C13H22N4O2S2/c1-13(2,9-17(3)4)8-16-21(18,19)10-5-6-11(12(14)20)15-7-10/h5-7,16H,8-9H2,1-4H3,(H2,14,20). The van der Waals surface area contributed by atoms with Crippen molar-refractivity contribution in [2.75, 3.05) is 27.2 Å². The van der Waals surface area contributed by atoms with E-state index in [1.54, 1.807) is 0 Å². The van der Waals surface area contributed by atoms with Crippen molar-refractivity contribution in [2.24, 2.45) is 11.1 Å². The van der Waals surface area contributed by atoms with E-state index in [0.717, 1.165) is 6.54 Å². The van der Waals surface area contributed by atoms with Crippen molar-refractivity contribution < 1.29 is 8.42 Å². The molecule has 0 saturated carbocycles. The third kappa shape index (κ3) is 5.66. The van der Waals surface area contributed by atoms with Gasteiger partial charge in [0.2, 0.25) is 10.0 Å². The Balaban J connectivity index is 2.80. The lowest BCUT2D eigenvalue weighted by Gasteiger charge is -2.28. The van der Waals surface area contributed by atoms with E-state index in [2.05, 4.69) is 9.71 Å². The summed E-state index contributed by atoms with van der Waals surface area (Å²) in [7, 11) is 0.319. The monoisotopic (exact) mass is 330 g/mol. The SMILES string of the molecule is CN(C)CC(C)(C)CNS(=O)(=O)c1ccc(C(N)=S)nc1. The number of hydrogen-bond acceptors (Lipinski definition) is 5. The fraction of sp³-hybridized carbons (Fsp3) is 0.538.